The first kappa shape index (κ1) is 31.1. The minimum atomic E-state index is 0. The summed E-state index contributed by atoms with van der Waals surface area (Å²) in [6, 6.07) is 21.6. The second kappa shape index (κ2) is 13.3. The summed E-state index contributed by atoms with van der Waals surface area (Å²) in [7, 11) is 0. The molecular formula is C35H36IrNO3-. The Hall–Kier alpha value is -3.40. The van der Waals surface area contributed by atoms with E-state index in [0.717, 1.165) is 57.1 Å². The number of pyridine rings is 1. The van der Waals surface area contributed by atoms with E-state index in [2.05, 4.69) is 42.2 Å². The number of nitrogens with zero attached hydrogens (tertiary/aromatic N) is 1. The Kier molecular flexibility index (Phi) is 10.4. The van der Waals surface area contributed by atoms with E-state index in [0.29, 0.717) is 5.56 Å². The van der Waals surface area contributed by atoms with Crippen molar-refractivity contribution in [3.8, 4) is 22.4 Å². The molecule has 2 atom stereocenters. The maximum atomic E-state index is 13.0. The van der Waals surface area contributed by atoms with Gasteiger partial charge in [0.25, 0.3) is 0 Å². The predicted octanol–water partition coefficient (Wildman–Crippen LogP) is 8.62. The maximum Gasteiger partial charge on any atom is 0.195 e. The molecule has 0 bridgehead atoms. The third-order valence-corrected chi connectivity index (χ3v) is 7.53. The fraction of sp³-hybridized carbons (Fsp3) is 0.286. The van der Waals surface area contributed by atoms with Gasteiger partial charge < -0.3 is 10.1 Å². The first-order valence-corrected chi connectivity index (χ1v) is 13.7. The Morgan fingerprint density at radius 2 is 1.57 bits per heavy atom. The van der Waals surface area contributed by atoms with Gasteiger partial charge in [-0.25, -0.2) is 0 Å². The van der Waals surface area contributed by atoms with Crippen LogP contribution in [0.3, 0.4) is 0 Å². The van der Waals surface area contributed by atoms with Crippen LogP contribution in [0.2, 0.25) is 0 Å². The summed E-state index contributed by atoms with van der Waals surface area (Å²) in [5.74, 6) is 0.403. The van der Waals surface area contributed by atoms with E-state index in [1.54, 1.807) is 6.20 Å². The number of allylic oxidation sites excluding steroid dienone is 2. The predicted molar refractivity (Wildman–Crippen MR) is 159 cm³/mol. The molecule has 1 N–H and O–H groups in total. The first-order valence-electron chi connectivity index (χ1n) is 13.7. The molecule has 1 aromatic heterocycles. The van der Waals surface area contributed by atoms with Crippen molar-refractivity contribution in [2.75, 3.05) is 0 Å². The quantitative estimate of drug-likeness (QED) is 0.109. The summed E-state index contributed by atoms with van der Waals surface area (Å²) in [5, 5.41) is 11.5. The molecule has 4 aromatic rings. The van der Waals surface area contributed by atoms with Gasteiger partial charge in [-0.05, 0) is 40.4 Å². The number of benzene rings is 3. The topological polar surface area (TPSA) is 67.3 Å². The fourth-order valence-electron chi connectivity index (χ4n) is 4.84. The van der Waals surface area contributed by atoms with Crippen LogP contribution in [0, 0.1) is 31.7 Å². The zero-order valence-electron chi connectivity index (χ0n) is 24.0. The van der Waals surface area contributed by atoms with Gasteiger partial charge in [0.2, 0.25) is 0 Å². The summed E-state index contributed by atoms with van der Waals surface area (Å²) in [6.45, 7) is 11.9. The van der Waals surface area contributed by atoms with Gasteiger partial charge in [-0.2, -0.15) is 0 Å². The van der Waals surface area contributed by atoms with Crippen LogP contribution in [0.5, 0.6) is 0 Å². The molecule has 0 spiro atoms. The Bertz CT molecular complexity index is 1570. The van der Waals surface area contributed by atoms with Crippen LogP contribution in [-0.4, -0.2) is 21.7 Å². The summed E-state index contributed by atoms with van der Waals surface area (Å²) in [4.78, 5) is 29.0. The Balaban J connectivity index is 0.000000272. The van der Waals surface area contributed by atoms with Crippen LogP contribution >= 0.6 is 0 Å². The van der Waals surface area contributed by atoms with E-state index in [9.17, 15) is 14.7 Å². The van der Waals surface area contributed by atoms with Gasteiger partial charge in [0.1, 0.15) is 0 Å². The molecule has 1 heterocycles. The second-order valence-electron chi connectivity index (χ2n) is 10.5. The molecule has 5 heteroatoms. The number of carbonyl (C=O) groups is 2. The minimum absolute atomic E-state index is 0. The van der Waals surface area contributed by atoms with Gasteiger partial charge >= 0.3 is 0 Å². The van der Waals surface area contributed by atoms with Crippen molar-refractivity contribution >= 4 is 22.3 Å². The summed E-state index contributed by atoms with van der Waals surface area (Å²) in [5.41, 5.74) is 7.64. The first-order chi connectivity index (χ1) is 18.7. The van der Waals surface area contributed by atoms with Gasteiger partial charge in [-0.1, -0.05) is 84.0 Å². The van der Waals surface area contributed by atoms with Crippen molar-refractivity contribution in [3.05, 3.63) is 101 Å². The molecule has 3 aromatic carbocycles. The Morgan fingerprint density at radius 3 is 2.23 bits per heavy atom. The largest absolute Gasteiger partial charge is 0.512 e. The van der Waals surface area contributed by atoms with Crippen molar-refractivity contribution in [2.24, 2.45) is 11.8 Å². The van der Waals surface area contributed by atoms with Crippen molar-refractivity contribution in [1.82, 2.24) is 4.98 Å². The van der Waals surface area contributed by atoms with Crippen molar-refractivity contribution in [1.29, 1.82) is 0 Å². The molecule has 209 valence electrons. The molecule has 0 aliphatic heterocycles. The van der Waals surface area contributed by atoms with E-state index in [1.807, 2.05) is 65.0 Å². The monoisotopic (exact) mass is 711 g/mol. The number of aryl methyl sites for hydroxylation is 2. The van der Waals surface area contributed by atoms with Crippen LogP contribution in [-0.2, 0) is 24.9 Å². The van der Waals surface area contributed by atoms with Crippen LogP contribution in [0.1, 0.15) is 67.6 Å². The average Bonchev–Trinajstić information content (AvgIpc) is 2.94. The molecule has 1 radical (unpaired) electrons. The molecule has 0 saturated carbocycles. The number of aliphatic hydroxyl groups excluding tert-OH is 1. The number of hydrogen-bond acceptors (Lipinski definition) is 4. The van der Waals surface area contributed by atoms with Crippen LogP contribution in [0.25, 0.3) is 33.2 Å². The van der Waals surface area contributed by atoms with Gasteiger partial charge in [-0.3, -0.25) is 9.59 Å². The fourth-order valence-corrected chi connectivity index (χ4v) is 4.84. The van der Waals surface area contributed by atoms with Crippen molar-refractivity contribution in [2.45, 2.75) is 54.4 Å². The Morgan fingerprint density at radius 1 is 0.925 bits per heavy atom. The number of aliphatic hydroxyl groups is 1. The number of carbonyl (C=O) groups excluding carboxylic acids is 2. The molecule has 5 rings (SSSR count). The smallest absolute Gasteiger partial charge is 0.195 e. The van der Waals surface area contributed by atoms with Crippen LogP contribution in [0.4, 0.5) is 0 Å². The third-order valence-electron chi connectivity index (χ3n) is 7.53. The number of ketones is 2. The van der Waals surface area contributed by atoms with Gasteiger partial charge in [-0.15, -0.1) is 34.9 Å². The maximum absolute atomic E-state index is 13.0. The Labute approximate surface area is 250 Å². The van der Waals surface area contributed by atoms with E-state index in [4.69, 9.17) is 0 Å². The number of hydrogen-bond donors (Lipinski definition) is 1. The van der Waals surface area contributed by atoms with Crippen LogP contribution < -0.4 is 0 Å². The van der Waals surface area contributed by atoms with Gasteiger partial charge in [0, 0.05) is 55.3 Å². The minimum Gasteiger partial charge on any atom is -0.512 e. The third kappa shape index (κ3) is 6.32. The van der Waals surface area contributed by atoms with Crippen LogP contribution in [0.15, 0.2) is 72.6 Å². The molecule has 0 amide bonds. The van der Waals surface area contributed by atoms with Gasteiger partial charge in [0.05, 0.1) is 5.76 Å². The standard InChI is InChI=1S/C24H16NO.C11H20O2.Ir/c1-14-10-15(2)12-16(11-14)23-20-9-5-8-18-17-6-3-4-7-19(17)24(26)21(13-25-23)22(18)20;1-5-8(3)10(12)7-11(13)9(4)6-2;/h3-11,13H,1-2H3;7-9,12H,5-6H2,1-4H3;/q-1;;/b;10-7-;. The van der Waals surface area contributed by atoms with E-state index in [1.165, 1.54) is 11.6 Å². The average molecular weight is 711 g/mol. The van der Waals surface area contributed by atoms with Crippen molar-refractivity contribution in [3.63, 3.8) is 0 Å². The molecule has 1 aliphatic carbocycles. The number of fused-ring (bicyclic) bond motifs is 2. The molecule has 2 unspecified atom stereocenters. The van der Waals surface area contributed by atoms with Crippen molar-refractivity contribution < 1.29 is 34.8 Å². The molecule has 1 aliphatic rings. The second-order valence-corrected chi connectivity index (χ2v) is 10.5. The normalized spacial score (nSPS) is 13.4. The molecule has 0 fully saturated rings. The summed E-state index contributed by atoms with van der Waals surface area (Å²) in [6.07, 6.45) is 4.78. The summed E-state index contributed by atoms with van der Waals surface area (Å²) < 4.78 is 0. The number of rotatable bonds is 6. The molecule has 40 heavy (non-hydrogen) atoms. The molecular weight excluding hydrogens is 675 g/mol. The molecule has 0 saturated heterocycles. The van der Waals surface area contributed by atoms with Gasteiger partial charge in [0.15, 0.2) is 11.6 Å². The van der Waals surface area contributed by atoms with E-state index >= 15 is 0 Å². The zero-order chi connectivity index (χ0) is 28.3. The SMILES string of the molecule is CCC(C)C(=O)/C=C(\O)C(C)CC.Cc1[c-]c(-c2ncc3c4c(cccc24)-c2ccccc2C3=O)cc(C)c1.[Ir]. The summed E-state index contributed by atoms with van der Waals surface area (Å²) >= 11 is 0. The van der Waals surface area contributed by atoms with E-state index < -0.39 is 0 Å². The number of aromatic nitrogens is 1. The van der Waals surface area contributed by atoms with E-state index in [-0.39, 0.29) is 49.3 Å². The zero-order valence-corrected chi connectivity index (χ0v) is 26.4. The molecule has 4 nitrogen and oxygen atoms in total.